The van der Waals surface area contributed by atoms with Gasteiger partial charge in [0.25, 0.3) is 0 Å². The Hall–Kier alpha value is -0.760. The molecule has 1 heterocycles. The van der Waals surface area contributed by atoms with Gasteiger partial charge >= 0.3 is 0 Å². The maximum absolute atomic E-state index is 9.50. The molecule has 1 atom stereocenters. The molecule has 60 valence electrons. The molecule has 1 aliphatic carbocycles. The van der Waals surface area contributed by atoms with Gasteiger partial charge < -0.3 is 10.1 Å². The maximum Gasteiger partial charge on any atom is 0.0609 e. The van der Waals surface area contributed by atoms with Gasteiger partial charge in [-0.1, -0.05) is 0 Å². The summed E-state index contributed by atoms with van der Waals surface area (Å²) in [5.74, 6) is 0. The summed E-state index contributed by atoms with van der Waals surface area (Å²) in [5, 5.41) is 9.50. The Balaban J connectivity index is 2.29. The van der Waals surface area contributed by atoms with E-state index < -0.39 is 0 Å². The molecule has 11 heavy (non-hydrogen) atoms. The van der Waals surface area contributed by atoms with Crippen LogP contribution in [0.5, 0.6) is 0 Å². The minimum atomic E-state index is -0.210. The first-order valence-electron chi connectivity index (χ1n) is 4.07. The largest absolute Gasteiger partial charge is 0.392 e. The van der Waals surface area contributed by atoms with Crippen LogP contribution in [0.1, 0.15) is 25.3 Å². The number of rotatable bonds is 2. The molecule has 1 unspecified atom stereocenters. The lowest BCUT2D eigenvalue weighted by molar-refractivity contribution is 0.151. The van der Waals surface area contributed by atoms with E-state index in [4.69, 9.17) is 0 Å². The van der Waals surface area contributed by atoms with Gasteiger partial charge in [0.05, 0.1) is 6.10 Å². The molecule has 2 heteroatoms. The zero-order valence-corrected chi connectivity index (χ0v) is 6.67. The molecule has 0 amide bonds. The van der Waals surface area contributed by atoms with E-state index >= 15 is 0 Å². The Morgan fingerprint density at radius 3 is 2.73 bits per heavy atom. The van der Waals surface area contributed by atoms with E-state index in [0.717, 1.165) is 12.8 Å². The standard InChI is InChI=1S/C9H13NO/c1-7(11)9(3-4-9)8-2-5-10-6-8/h2,5-7,10-11H,3-4H2,1H3. The summed E-state index contributed by atoms with van der Waals surface area (Å²) in [6.45, 7) is 1.88. The Morgan fingerprint density at radius 2 is 2.36 bits per heavy atom. The van der Waals surface area contributed by atoms with Gasteiger partial charge in [-0.3, -0.25) is 0 Å². The molecule has 2 nitrogen and oxygen atoms in total. The number of aromatic amines is 1. The van der Waals surface area contributed by atoms with Crippen LogP contribution >= 0.6 is 0 Å². The summed E-state index contributed by atoms with van der Waals surface area (Å²) in [6, 6.07) is 2.06. The number of hydrogen-bond donors (Lipinski definition) is 2. The van der Waals surface area contributed by atoms with E-state index in [1.165, 1.54) is 5.56 Å². The van der Waals surface area contributed by atoms with Gasteiger partial charge in [0.2, 0.25) is 0 Å². The second kappa shape index (κ2) is 2.11. The van der Waals surface area contributed by atoms with Crippen molar-refractivity contribution in [1.82, 2.24) is 4.98 Å². The van der Waals surface area contributed by atoms with Gasteiger partial charge in [-0.25, -0.2) is 0 Å². The van der Waals surface area contributed by atoms with Crippen molar-refractivity contribution in [2.75, 3.05) is 0 Å². The van der Waals surface area contributed by atoms with E-state index in [1.54, 1.807) is 0 Å². The highest BCUT2D eigenvalue weighted by molar-refractivity contribution is 5.30. The predicted molar refractivity (Wildman–Crippen MR) is 43.4 cm³/mol. The average molecular weight is 151 g/mol. The summed E-state index contributed by atoms with van der Waals surface area (Å²) >= 11 is 0. The minimum absolute atomic E-state index is 0.0972. The third kappa shape index (κ3) is 0.897. The summed E-state index contributed by atoms with van der Waals surface area (Å²) in [6.07, 6.45) is 5.95. The first kappa shape index (κ1) is 6.92. The average Bonchev–Trinajstić information content (AvgIpc) is 2.61. The number of aliphatic hydroxyl groups excluding tert-OH is 1. The van der Waals surface area contributed by atoms with Crippen LogP contribution in [-0.4, -0.2) is 16.2 Å². The molecule has 0 bridgehead atoms. The van der Waals surface area contributed by atoms with Crippen molar-refractivity contribution in [3.05, 3.63) is 24.0 Å². The van der Waals surface area contributed by atoms with E-state index in [2.05, 4.69) is 11.1 Å². The van der Waals surface area contributed by atoms with Crippen molar-refractivity contribution in [3.63, 3.8) is 0 Å². The van der Waals surface area contributed by atoms with E-state index in [0.29, 0.717) is 0 Å². The van der Waals surface area contributed by atoms with Crippen molar-refractivity contribution in [2.24, 2.45) is 0 Å². The maximum atomic E-state index is 9.50. The van der Waals surface area contributed by atoms with Crippen molar-refractivity contribution in [2.45, 2.75) is 31.3 Å². The van der Waals surface area contributed by atoms with Crippen molar-refractivity contribution < 1.29 is 5.11 Å². The van der Waals surface area contributed by atoms with E-state index in [-0.39, 0.29) is 11.5 Å². The van der Waals surface area contributed by atoms with Crippen molar-refractivity contribution in [3.8, 4) is 0 Å². The molecule has 0 spiro atoms. The highest BCUT2D eigenvalue weighted by Crippen LogP contribution is 2.50. The molecule has 0 aliphatic heterocycles. The van der Waals surface area contributed by atoms with Gasteiger partial charge in [-0.05, 0) is 31.4 Å². The summed E-state index contributed by atoms with van der Waals surface area (Å²) in [4.78, 5) is 3.02. The SMILES string of the molecule is CC(O)C1(c2cc[nH]c2)CC1. The molecule has 0 saturated heterocycles. The Morgan fingerprint density at radius 1 is 1.64 bits per heavy atom. The molecule has 1 saturated carbocycles. The molecular formula is C9H13NO. The zero-order valence-electron chi connectivity index (χ0n) is 6.67. The number of aromatic nitrogens is 1. The van der Waals surface area contributed by atoms with Gasteiger partial charge in [-0.2, -0.15) is 0 Å². The third-order valence-corrected chi connectivity index (χ3v) is 2.76. The second-order valence-corrected chi connectivity index (χ2v) is 3.43. The predicted octanol–water partition coefficient (Wildman–Crippen LogP) is 1.43. The molecule has 1 aromatic rings. The molecule has 1 aromatic heterocycles. The Labute approximate surface area is 66.3 Å². The van der Waals surface area contributed by atoms with Crippen LogP contribution in [0, 0.1) is 0 Å². The molecule has 0 radical (unpaired) electrons. The van der Waals surface area contributed by atoms with Gasteiger partial charge in [0, 0.05) is 17.8 Å². The smallest absolute Gasteiger partial charge is 0.0609 e. The monoisotopic (exact) mass is 151 g/mol. The lowest BCUT2D eigenvalue weighted by Gasteiger charge is -2.16. The minimum Gasteiger partial charge on any atom is -0.392 e. The molecule has 1 aliphatic rings. The summed E-state index contributed by atoms with van der Waals surface area (Å²) in [7, 11) is 0. The highest BCUT2D eigenvalue weighted by Gasteiger charge is 2.48. The van der Waals surface area contributed by atoms with Crippen LogP contribution in [0.4, 0.5) is 0 Å². The van der Waals surface area contributed by atoms with Crippen molar-refractivity contribution >= 4 is 0 Å². The second-order valence-electron chi connectivity index (χ2n) is 3.43. The zero-order chi connectivity index (χ0) is 7.90. The van der Waals surface area contributed by atoms with E-state index in [9.17, 15) is 5.11 Å². The quantitative estimate of drug-likeness (QED) is 0.659. The summed E-state index contributed by atoms with van der Waals surface area (Å²) in [5.41, 5.74) is 1.35. The fourth-order valence-electron chi connectivity index (χ4n) is 1.72. The first-order valence-corrected chi connectivity index (χ1v) is 4.07. The number of hydrogen-bond acceptors (Lipinski definition) is 1. The lowest BCUT2D eigenvalue weighted by Crippen LogP contribution is -2.21. The molecule has 2 rings (SSSR count). The van der Waals surface area contributed by atoms with Crippen molar-refractivity contribution in [1.29, 1.82) is 0 Å². The fraction of sp³-hybridized carbons (Fsp3) is 0.556. The fourth-order valence-corrected chi connectivity index (χ4v) is 1.72. The normalized spacial score (nSPS) is 23.1. The van der Waals surface area contributed by atoms with Crippen LogP contribution < -0.4 is 0 Å². The van der Waals surface area contributed by atoms with Crippen LogP contribution in [0.3, 0.4) is 0 Å². The third-order valence-electron chi connectivity index (χ3n) is 2.76. The number of aliphatic hydroxyl groups is 1. The van der Waals surface area contributed by atoms with Crippen LogP contribution in [0.15, 0.2) is 18.5 Å². The lowest BCUT2D eigenvalue weighted by atomic mass is 9.93. The molecular weight excluding hydrogens is 138 g/mol. The topological polar surface area (TPSA) is 36.0 Å². The number of H-pyrrole nitrogens is 1. The summed E-state index contributed by atoms with van der Waals surface area (Å²) < 4.78 is 0. The van der Waals surface area contributed by atoms with Crippen LogP contribution in [0.25, 0.3) is 0 Å². The van der Waals surface area contributed by atoms with Crippen LogP contribution in [-0.2, 0) is 5.41 Å². The Bertz CT molecular complexity index is 234. The highest BCUT2D eigenvalue weighted by atomic mass is 16.3. The van der Waals surface area contributed by atoms with Gasteiger partial charge in [-0.15, -0.1) is 0 Å². The Kier molecular flexibility index (Phi) is 1.33. The number of nitrogens with one attached hydrogen (secondary N) is 1. The van der Waals surface area contributed by atoms with Gasteiger partial charge in [0.15, 0.2) is 0 Å². The molecule has 2 N–H and O–H groups in total. The van der Waals surface area contributed by atoms with Gasteiger partial charge in [0.1, 0.15) is 0 Å². The van der Waals surface area contributed by atoms with Crippen LogP contribution in [0.2, 0.25) is 0 Å². The first-order chi connectivity index (χ1) is 5.26. The van der Waals surface area contributed by atoms with E-state index in [1.807, 2.05) is 19.3 Å². The molecule has 1 fully saturated rings. The molecule has 0 aromatic carbocycles.